The van der Waals surface area contributed by atoms with Crippen molar-refractivity contribution in [3.05, 3.63) is 40.4 Å². The van der Waals surface area contributed by atoms with Crippen LogP contribution in [0.3, 0.4) is 0 Å². The number of hydrogen-bond donors (Lipinski definition) is 2. The number of amides is 1. The van der Waals surface area contributed by atoms with Crippen LogP contribution in [-0.2, 0) is 0 Å². The van der Waals surface area contributed by atoms with Gasteiger partial charge in [0, 0.05) is 18.9 Å². The average Bonchev–Trinajstić information content (AvgIpc) is 2.85. The normalized spacial score (nSPS) is 10.4. The molecular weight excluding hydrogens is 303 g/mol. The van der Waals surface area contributed by atoms with Gasteiger partial charge in [-0.25, -0.2) is 4.39 Å². The molecule has 1 aromatic carbocycles. The minimum atomic E-state index is -0.505. The smallest absolute Gasteiger partial charge is 0.260 e. The van der Waals surface area contributed by atoms with E-state index in [2.05, 4.69) is 26.1 Å². The predicted molar refractivity (Wildman–Crippen MR) is 69.8 cm³/mol. The van der Waals surface area contributed by atoms with Gasteiger partial charge in [-0.3, -0.25) is 9.89 Å². The van der Waals surface area contributed by atoms with Gasteiger partial charge in [-0.2, -0.15) is 5.10 Å². The second-order valence-corrected chi connectivity index (χ2v) is 4.53. The van der Waals surface area contributed by atoms with Crippen LogP contribution in [0.5, 0.6) is 0 Å². The van der Waals surface area contributed by atoms with Crippen LogP contribution < -0.4 is 10.6 Å². The van der Waals surface area contributed by atoms with E-state index in [1.807, 2.05) is 0 Å². The second-order valence-electron chi connectivity index (χ2n) is 3.67. The summed E-state index contributed by atoms with van der Waals surface area (Å²) in [4.78, 5) is 13.6. The van der Waals surface area contributed by atoms with Gasteiger partial charge in [0.15, 0.2) is 0 Å². The summed E-state index contributed by atoms with van der Waals surface area (Å²) >= 11 is 3.03. The summed E-state index contributed by atoms with van der Waals surface area (Å²) in [6.07, 6.45) is 3.08. The summed E-state index contributed by atoms with van der Waals surface area (Å²) < 4.78 is 13.4. The van der Waals surface area contributed by atoms with Crippen molar-refractivity contribution in [2.24, 2.45) is 0 Å². The highest BCUT2D eigenvalue weighted by Crippen LogP contribution is 2.24. The number of aromatic amines is 1. The van der Waals surface area contributed by atoms with Crippen LogP contribution in [0.4, 0.5) is 15.8 Å². The van der Waals surface area contributed by atoms with Crippen molar-refractivity contribution < 1.29 is 9.18 Å². The van der Waals surface area contributed by atoms with Crippen LogP contribution in [0.25, 0.3) is 0 Å². The summed E-state index contributed by atoms with van der Waals surface area (Å²) in [6.45, 7) is 0. The number of anilines is 2. The number of H-pyrrole nitrogens is 1. The molecule has 2 aromatic rings. The molecule has 3 N–H and O–H groups in total. The van der Waals surface area contributed by atoms with Crippen molar-refractivity contribution in [1.82, 2.24) is 10.2 Å². The monoisotopic (exact) mass is 312 g/mol. The Bertz CT molecular complexity index is 585. The third-order valence-electron chi connectivity index (χ3n) is 2.50. The molecule has 1 amide bonds. The molecule has 2 rings (SSSR count). The number of aromatic nitrogens is 2. The third-order valence-corrected chi connectivity index (χ3v) is 3.11. The quantitative estimate of drug-likeness (QED) is 0.834. The number of halogens is 2. The van der Waals surface area contributed by atoms with Gasteiger partial charge in [0.1, 0.15) is 5.82 Å². The highest BCUT2D eigenvalue weighted by Gasteiger charge is 2.18. The molecule has 0 aliphatic heterocycles. The van der Waals surface area contributed by atoms with E-state index < -0.39 is 5.82 Å². The van der Waals surface area contributed by atoms with Crippen LogP contribution in [0.2, 0.25) is 0 Å². The molecule has 0 fully saturated rings. The van der Waals surface area contributed by atoms with Gasteiger partial charge >= 0.3 is 0 Å². The summed E-state index contributed by atoms with van der Waals surface area (Å²) in [5.41, 5.74) is 6.57. The maximum atomic E-state index is 13.2. The van der Waals surface area contributed by atoms with Crippen molar-refractivity contribution >= 4 is 33.2 Å². The average molecular weight is 313 g/mol. The molecule has 0 atom stereocenters. The second kappa shape index (κ2) is 4.77. The highest BCUT2D eigenvalue weighted by atomic mass is 79.9. The summed E-state index contributed by atoms with van der Waals surface area (Å²) in [6, 6.07) is 2.48. The molecule has 1 aromatic heterocycles. The van der Waals surface area contributed by atoms with E-state index in [1.54, 1.807) is 13.2 Å². The molecule has 0 bridgehead atoms. The number of benzene rings is 1. The largest absolute Gasteiger partial charge is 0.398 e. The Morgan fingerprint density at radius 1 is 1.56 bits per heavy atom. The van der Waals surface area contributed by atoms with Gasteiger partial charge < -0.3 is 10.6 Å². The Morgan fingerprint density at radius 3 is 2.89 bits per heavy atom. The van der Waals surface area contributed by atoms with Gasteiger partial charge in [0.05, 0.1) is 21.9 Å². The lowest BCUT2D eigenvalue weighted by Gasteiger charge is -2.16. The predicted octanol–water partition coefficient (Wildman–Crippen LogP) is 2.17. The molecule has 5 nitrogen and oxygen atoms in total. The molecule has 0 saturated heterocycles. The van der Waals surface area contributed by atoms with E-state index in [0.717, 1.165) is 6.07 Å². The standard InChI is InChI=1S/C11H10BrFN4O/c1-17(6-4-15-16-5-6)11(18)7-2-8(12)9(13)3-10(7)14/h2-5H,14H2,1H3,(H,15,16). The van der Waals surface area contributed by atoms with E-state index >= 15 is 0 Å². The Kier molecular flexibility index (Phi) is 3.33. The first-order valence-corrected chi connectivity index (χ1v) is 5.81. The number of nitrogens with one attached hydrogen (secondary N) is 1. The van der Waals surface area contributed by atoms with Gasteiger partial charge in [-0.05, 0) is 28.1 Å². The van der Waals surface area contributed by atoms with Crippen molar-refractivity contribution in [1.29, 1.82) is 0 Å². The van der Waals surface area contributed by atoms with Gasteiger partial charge in [-0.15, -0.1) is 0 Å². The molecule has 94 valence electrons. The lowest BCUT2D eigenvalue weighted by Crippen LogP contribution is -2.26. The van der Waals surface area contributed by atoms with E-state index in [9.17, 15) is 9.18 Å². The molecule has 18 heavy (non-hydrogen) atoms. The zero-order valence-electron chi connectivity index (χ0n) is 9.45. The van der Waals surface area contributed by atoms with Crippen LogP contribution in [0.15, 0.2) is 29.0 Å². The van der Waals surface area contributed by atoms with Gasteiger partial charge in [0.2, 0.25) is 0 Å². The lowest BCUT2D eigenvalue weighted by molar-refractivity contribution is 0.0994. The van der Waals surface area contributed by atoms with Crippen LogP contribution >= 0.6 is 15.9 Å². The number of nitrogens with two attached hydrogens (primary N) is 1. The molecule has 0 radical (unpaired) electrons. The van der Waals surface area contributed by atoms with Gasteiger partial charge in [-0.1, -0.05) is 0 Å². The van der Waals surface area contributed by atoms with E-state index in [1.165, 1.54) is 17.2 Å². The first-order chi connectivity index (χ1) is 8.50. The first kappa shape index (κ1) is 12.6. The third kappa shape index (κ3) is 2.21. The van der Waals surface area contributed by atoms with Crippen molar-refractivity contribution in [3.63, 3.8) is 0 Å². The molecule has 0 unspecified atom stereocenters. The maximum absolute atomic E-state index is 13.2. The fourth-order valence-corrected chi connectivity index (χ4v) is 1.82. The van der Waals surface area contributed by atoms with Crippen LogP contribution in [0, 0.1) is 5.82 Å². The fraction of sp³-hybridized carbons (Fsp3) is 0.0909. The minimum Gasteiger partial charge on any atom is -0.398 e. The minimum absolute atomic E-state index is 0.0936. The van der Waals surface area contributed by atoms with Crippen molar-refractivity contribution in [2.45, 2.75) is 0 Å². The number of nitrogen functional groups attached to an aromatic ring is 1. The zero-order chi connectivity index (χ0) is 13.3. The molecule has 0 aliphatic carbocycles. The molecule has 1 heterocycles. The van der Waals surface area contributed by atoms with E-state index in [4.69, 9.17) is 5.73 Å². The first-order valence-electron chi connectivity index (χ1n) is 5.02. The van der Waals surface area contributed by atoms with E-state index in [0.29, 0.717) is 5.69 Å². The van der Waals surface area contributed by atoms with Crippen LogP contribution in [-0.4, -0.2) is 23.2 Å². The Morgan fingerprint density at radius 2 is 2.28 bits per heavy atom. The SMILES string of the molecule is CN(C(=O)c1cc(Br)c(F)cc1N)c1cn[nH]c1. The molecular formula is C11H10BrFN4O. The molecule has 0 aliphatic rings. The van der Waals surface area contributed by atoms with E-state index in [-0.39, 0.29) is 21.6 Å². The van der Waals surface area contributed by atoms with Gasteiger partial charge in [0.25, 0.3) is 5.91 Å². The summed E-state index contributed by atoms with van der Waals surface area (Å²) in [7, 11) is 1.59. The Labute approximate surface area is 111 Å². The van der Waals surface area contributed by atoms with Crippen molar-refractivity contribution in [2.75, 3.05) is 17.7 Å². The zero-order valence-corrected chi connectivity index (χ0v) is 11.0. The number of rotatable bonds is 2. The summed E-state index contributed by atoms with van der Waals surface area (Å²) in [5.74, 6) is -0.843. The molecule has 0 saturated carbocycles. The number of carbonyl (C=O) groups excluding carboxylic acids is 1. The fourth-order valence-electron chi connectivity index (χ4n) is 1.47. The molecule has 7 heteroatoms. The summed E-state index contributed by atoms with van der Waals surface area (Å²) in [5, 5.41) is 6.36. The number of hydrogen-bond acceptors (Lipinski definition) is 3. The Hall–Kier alpha value is -1.89. The highest BCUT2D eigenvalue weighted by molar-refractivity contribution is 9.10. The topological polar surface area (TPSA) is 75.0 Å². The Balaban J connectivity index is 2.37. The van der Waals surface area contributed by atoms with Crippen LogP contribution in [0.1, 0.15) is 10.4 Å². The number of nitrogens with zero attached hydrogens (tertiary/aromatic N) is 2. The number of carbonyl (C=O) groups is 1. The lowest BCUT2D eigenvalue weighted by atomic mass is 10.1. The molecule has 0 spiro atoms. The van der Waals surface area contributed by atoms with Crippen molar-refractivity contribution in [3.8, 4) is 0 Å². The maximum Gasteiger partial charge on any atom is 0.260 e.